The number of rotatable bonds is 6. The predicted molar refractivity (Wildman–Crippen MR) is 70.4 cm³/mol. The average Bonchev–Trinajstić information content (AvgIpc) is 2.47. The monoisotopic (exact) mass is 270 g/mol. The molecule has 1 aromatic carbocycles. The van der Waals surface area contributed by atoms with E-state index in [4.69, 9.17) is 10.5 Å². The molecule has 0 saturated heterocycles. The molecule has 20 heavy (non-hydrogen) atoms. The fourth-order valence-electron chi connectivity index (χ4n) is 1.72. The summed E-state index contributed by atoms with van der Waals surface area (Å²) in [6.07, 6.45) is 0.235. The van der Waals surface area contributed by atoms with Crippen molar-refractivity contribution in [1.82, 2.24) is 0 Å². The molecule has 0 aliphatic rings. The molecule has 0 aliphatic heterocycles. The van der Waals surface area contributed by atoms with Crippen LogP contribution in [0.2, 0.25) is 0 Å². The number of carbonyl (C=O) groups excluding carboxylic acids is 2. The van der Waals surface area contributed by atoms with Crippen molar-refractivity contribution >= 4 is 11.8 Å². The molecule has 1 unspecified atom stereocenters. The molecular weight excluding hydrogens is 256 g/mol. The molecular formula is C15H14N2O3. The maximum Gasteiger partial charge on any atom is 0.305 e. The molecule has 1 aromatic rings. The van der Waals surface area contributed by atoms with E-state index in [0.29, 0.717) is 5.56 Å². The number of ketones is 1. The molecule has 0 saturated carbocycles. The van der Waals surface area contributed by atoms with Crippen LogP contribution in [0, 0.1) is 22.7 Å². The van der Waals surface area contributed by atoms with Crippen molar-refractivity contribution in [1.29, 1.82) is 10.5 Å². The first-order valence-corrected chi connectivity index (χ1v) is 6.07. The molecule has 102 valence electrons. The maximum absolute atomic E-state index is 11.9. The first-order valence-electron chi connectivity index (χ1n) is 6.07. The summed E-state index contributed by atoms with van der Waals surface area (Å²) in [5.74, 6) is -1.68. The third-order valence-corrected chi connectivity index (χ3v) is 2.85. The van der Waals surface area contributed by atoms with Gasteiger partial charge in [0.2, 0.25) is 0 Å². The van der Waals surface area contributed by atoms with Crippen LogP contribution in [0.4, 0.5) is 0 Å². The van der Waals surface area contributed by atoms with E-state index in [-0.39, 0.29) is 25.0 Å². The van der Waals surface area contributed by atoms with Gasteiger partial charge in [-0.2, -0.15) is 10.5 Å². The smallest absolute Gasteiger partial charge is 0.305 e. The SMILES string of the molecule is COC(=O)CCC(=O)C(C#N)c1ccc(CC#N)cc1. The van der Waals surface area contributed by atoms with Gasteiger partial charge in [-0.25, -0.2) is 0 Å². The van der Waals surface area contributed by atoms with Crippen molar-refractivity contribution in [2.24, 2.45) is 0 Å². The first-order chi connectivity index (χ1) is 9.62. The summed E-state index contributed by atoms with van der Waals surface area (Å²) in [5, 5.41) is 17.7. The highest BCUT2D eigenvalue weighted by atomic mass is 16.5. The molecule has 0 heterocycles. The Morgan fingerprint density at radius 3 is 2.35 bits per heavy atom. The van der Waals surface area contributed by atoms with Crippen LogP contribution >= 0.6 is 0 Å². The highest BCUT2D eigenvalue weighted by molar-refractivity contribution is 5.90. The highest BCUT2D eigenvalue weighted by Gasteiger charge is 2.20. The zero-order valence-electron chi connectivity index (χ0n) is 11.1. The van der Waals surface area contributed by atoms with E-state index in [1.54, 1.807) is 24.3 Å². The van der Waals surface area contributed by atoms with Gasteiger partial charge in [0.15, 0.2) is 5.78 Å². The third-order valence-electron chi connectivity index (χ3n) is 2.85. The minimum absolute atomic E-state index is 0.0230. The third kappa shape index (κ3) is 4.22. The van der Waals surface area contributed by atoms with Gasteiger partial charge in [-0.3, -0.25) is 9.59 Å². The first kappa shape index (κ1) is 15.4. The number of methoxy groups -OCH3 is 1. The van der Waals surface area contributed by atoms with Gasteiger partial charge >= 0.3 is 5.97 Å². The topological polar surface area (TPSA) is 90.9 Å². The Hall–Kier alpha value is -2.66. The minimum Gasteiger partial charge on any atom is -0.469 e. The van der Waals surface area contributed by atoms with Gasteiger partial charge in [-0.15, -0.1) is 0 Å². The van der Waals surface area contributed by atoms with Gasteiger partial charge in [-0.05, 0) is 11.1 Å². The molecule has 0 fully saturated rings. The second-order valence-electron chi connectivity index (χ2n) is 4.18. The van der Waals surface area contributed by atoms with E-state index in [9.17, 15) is 9.59 Å². The summed E-state index contributed by atoms with van der Waals surface area (Å²) in [6, 6.07) is 10.7. The van der Waals surface area contributed by atoms with Gasteiger partial charge in [0.05, 0.1) is 32.1 Å². The van der Waals surface area contributed by atoms with Crippen molar-refractivity contribution in [3.8, 4) is 12.1 Å². The molecule has 0 amide bonds. The number of esters is 1. The molecule has 0 radical (unpaired) electrons. The molecule has 5 heteroatoms. The molecule has 0 aromatic heterocycles. The Balaban J connectivity index is 2.75. The zero-order chi connectivity index (χ0) is 15.0. The van der Waals surface area contributed by atoms with E-state index in [1.165, 1.54) is 7.11 Å². The summed E-state index contributed by atoms with van der Waals surface area (Å²) < 4.78 is 4.46. The van der Waals surface area contributed by atoms with Crippen molar-refractivity contribution in [3.63, 3.8) is 0 Å². The van der Waals surface area contributed by atoms with Crippen molar-refractivity contribution in [2.75, 3.05) is 7.11 Å². The lowest BCUT2D eigenvalue weighted by molar-refractivity contribution is -0.141. The van der Waals surface area contributed by atoms with E-state index >= 15 is 0 Å². The summed E-state index contributed by atoms with van der Waals surface area (Å²) in [6.45, 7) is 0. The van der Waals surface area contributed by atoms with Gasteiger partial charge in [-0.1, -0.05) is 24.3 Å². The lowest BCUT2D eigenvalue weighted by Gasteiger charge is -2.08. The van der Waals surface area contributed by atoms with Crippen LogP contribution < -0.4 is 0 Å². The summed E-state index contributed by atoms with van der Waals surface area (Å²) >= 11 is 0. The van der Waals surface area contributed by atoms with Gasteiger partial charge in [0.25, 0.3) is 0 Å². The number of carbonyl (C=O) groups is 2. The molecule has 0 N–H and O–H groups in total. The van der Waals surface area contributed by atoms with E-state index in [2.05, 4.69) is 4.74 Å². The Morgan fingerprint density at radius 2 is 1.85 bits per heavy atom. The van der Waals surface area contributed by atoms with Crippen LogP contribution in [0.5, 0.6) is 0 Å². The number of nitrogens with zero attached hydrogens (tertiary/aromatic N) is 2. The van der Waals surface area contributed by atoms with Crippen LogP contribution in [-0.4, -0.2) is 18.9 Å². The van der Waals surface area contributed by atoms with Crippen LogP contribution in [0.3, 0.4) is 0 Å². The maximum atomic E-state index is 11.9. The number of Topliss-reactive ketones (excluding diaryl/α,β-unsaturated/α-hetero) is 1. The number of hydrogen-bond acceptors (Lipinski definition) is 5. The Morgan fingerprint density at radius 1 is 1.20 bits per heavy atom. The molecule has 5 nitrogen and oxygen atoms in total. The number of ether oxygens (including phenoxy) is 1. The lowest BCUT2D eigenvalue weighted by atomic mass is 9.92. The fraction of sp³-hybridized carbons (Fsp3) is 0.333. The van der Waals surface area contributed by atoms with E-state index < -0.39 is 11.9 Å². The summed E-state index contributed by atoms with van der Waals surface area (Å²) in [7, 11) is 1.25. The number of nitriles is 2. The minimum atomic E-state index is -0.893. The lowest BCUT2D eigenvalue weighted by Crippen LogP contribution is -2.13. The van der Waals surface area contributed by atoms with Crippen LogP contribution in [-0.2, 0) is 20.7 Å². The van der Waals surface area contributed by atoms with Crippen molar-refractivity contribution in [2.45, 2.75) is 25.2 Å². The number of benzene rings is 1. The molecule has 1 rings (SSSR count). The Bertz CT molecular complexity index is 564. The Labute approximate surface area is 117 Å². The molecule has 1 atom stereocenters. The fourth-order valence-corrected chi connectivity index (χ4v) is 1.72. The standard InChI is InChI=1S/C15H14N2O3/c1-20-15(19)7-6-14(18)13(10-17)12-4-2-11(3-5-12)8-9-16/h2-5,13H,6-8H2,1H3. The molecule has 0 bridgehead atoms. The summed E-state index contributed by atoms with van der Waals surface area (Å²) in [5.41, 5.74) is 1.40. The number of hydrogen-bond donors (Lipinski definition) is 0. The van der Waals surface area contributed by atoms with Crippen molar-refractivity contribution in [3.05, 3.63) is 35.4 Å². The quantitative estimate of drug-likeness (QED) is 0.736. The second-order valence-corrected chi connectivity index (χ2v) is 4.18. The van der Waals surface area contributed by atoms with Crippen LogP contribution in [0.15, 0.2) is 24.3 Å². The second kappa shape index (κ2) is 7.70. The van der Waals surface area contributed by atoms with E-state index in [0.717, 1.165) is 5.56 Å². The van der Waals surface area contributed by atoms with Crippen LogP contribution in [0.1, 0.15) is 29.9 Å². The average molecular weight is 270 g/mol. The largest absolute Gasteiger partial charge is 0.469 e. The van der Waals surface area contributed by atoms with Crippen LogP contribution in [0.25, 0.3) is 0 Å². The predicted octanol–water partition coefficient (Wildman–Crippen LogP) is 1.88. The van der Waals surface area contributed by atoms with Gasteiger partial charge in [0, 0.05) is 6.42 Å². The normalized spacial score (nSPS) is 10.9. The van der Waals surface area contributed by atoms with E-state index in [1.807, 2.05) is 12.1 Å². The van der Waals surface area contributed by atoms with Crippen molar-refractivity contribution < 1.29 is 14.3 Å². The Kier molecular flexibility index (Phi) is 5.93. The van der Waals surface area contributed by atoms with Gasteiger partial charge < -0.3 is 4.74 Å². The molecule has 0 aliphatic carbocycles. The summed E-state index contributed by atoms with van der Waals surface area (Å²) in [4.78, 5) is 22.9. The van der Waals surface area contributed by atoms with Gasteiger partial charge in [0.1, 0.15) is 5.92 Å². The molecule has 0 spiro atoms. The highest BCUT2D eigenvalue weighted by Crippen LogP contribution is 2.19. The zero-order valence-corrected chi connectivity index (χ0v) is 11.1.